The highest BCUT2D eigenvalue weighted by Crippen LogP contribution is 2.41. The zero-order chi connectivity index (χ0) is 25.8. The molecule has 184 valence electrons. The van der Waals surface area contributed by atoms with Crippen LogP contribution in [0.15, 0.2) is 36.4 Å². The van der Waals surface area contributed by atoms with Gasteiger partial charge in [0.25, 0.3) is 0 Å². The molecule has 2 rings (SSSR count). The van der Waals surface area contributed by atoms with Crippen LogP contribution in [0.4, 0.5) is 0 Å². The minimum absolute atomic E-state index is 0.653. The maximum atomic E-state index is 3.86. The lowest BCUT2D eigenvalue weighted by Gasteiger charge is -2.38. The number of rotatable bonds is 6. The summed E-state index contributed by atoms with van der Waals surface area (Å²) in [7, 11) is -3.44. The molecule has 0 aliphatic heterocycles. The summed E-state index contributed by atoms with van der Waals surface area (Å²) < 4.78 is 0. The van der Waals surface area contributed by atoms with Gasteiger partial charge in [0.05, 0.1) is 0 Å². The Balaban J connectivity index is 2.47. The molecule has 0 radical (unpaired) electrons. The van der Waals surface area contributed by atoms with Crippen LogP contribution < -0.4 is 0 Å². The van der Waals surface area contributed by atoms with Crippen LogP contribution in [-0.2, 0) is 0 Å². The number of benzene rings is 2. The third-order valence-corrected chi connectivity index (χ3v) is 21.0. The van der Waals surface area contributed by atoms with Crippen LogP contribution in [0, 0.1) is 22.9 Å². The summed E-state index contributed by atoms with van der Waals surface area (Å²) in [5.41, 5.74) is 13.9. The predicted molar refractivity (Wildman–Crippen MR) is 160 cm³/mol. The van der Waals surface area contributed by atoms with Crippen LogP contribution in [0.2, 0.25) is 33.2 Å². The molecule has 0 bridgehead atoms. The van der Waals surface area contributed by atoms with Gasteiger partial charge in [0.2, 0.25) is 0 Å². The maximum absolute atomic E-state index is 3.86. The smallest absolute Gasteiger partial charge is 0.125 e. The van der Waals surface area contributed by atoms with Crippen LogP contribution in [0.1, 0.15) is 94.2 Å². The number of hydrogen-bond acceptors (Lipinski definition) is 0. The molecule has 0 aliphatic rings. The fourth-order valence-corrected chi connectivity index (χ4v) is 17.1. The molecule has 0 aliphatic carbocycles. The molecule has 0 unspecified atom stereocenters. The van der Waals surface area contributed by atoms with E-state index in [-0.39, 0.29) is 0 Å². The van der Waals surface area contributed by atoms with E-state index in [1.54, 1.807) is 0 Å². The molecule has 0 aromatic heterocycles. The van der Waals surface area contributed by atoms with Crippen LogP contribution in [0.3, 0.4) is 0 Å². The Bertz CT molecular complexity index is 962. The predicted octanol–water partition coefficient (Wildman–Crippen LogP) is 9.98. The van der Waals surface area contributed by atoms with Crippen molar-refractivity contribution in [3.05, 3.63) is 47.5 Å². The Labute approximate surface area is 213 Å². The Morgan fingerprint density at radius 2 is 0.706 bits per heavy atom. The summed E-state index contributed by atoms with van der Waals surface area (Å²) in [6.45, 7) is 28.5. The van der Waals surface area contributed by atoms with Crippen LogP contribution >= 0.6 is 0 Å². The van der Waals surface area contributed by atoms with Crippen LogP contribution in [0.5, 0.6) is 0 Å². The standard InChI is InChI=1S/C32H48Si2/c1-23(2)33(24(3)4,25(5)6)19-17-29-13-15-32-22-30(14-16-31(32)21-29)18-20-34(26(7)8,27(9)10)28(11)12/h13-16,21-28H,1-12H3. The highest BCUT2D eigenvalue weighted by Gasteiger charge is 2.42. The lowest BCUT2D eigenvalue weighted by molar-refractivity contribution is 0.838. The summed E-state index contributed by atoms with van der Waals surface area (Å²) in [5, 5.41) is 2.51. The Hall–Kier alpha value is -1.75. The Morgan fingerprint density at radius 3 is 0.941 bits per heavy atom. The minimum Gasteiger partial charge on any atom is -0.125 e. The van der Waals surface area contributed by atoms with Crippen molar-refractivity contribution in [1.82, 2.24) is 0 Å². The number of hydrogen-bond donors (Lipinski definition) is 0. The summed E-state index contributed by atoms with van der Waals surface area (Å²) in [4.78, 5) is 0. The van der Waals surface area contributed by atoms with Crippen molar-refractivity contribution in [3.8, 4) is 22.9 Å². The summed E-state index contributed by atoms with van der Waals surface area (Å²) in [5.74, 6) is 7.22. The molecule has 0 atom stereocenters. The first kappa shape index (κ1) is 28.5. The van der Waals surface area contributed by atoms with Gasteiger partial charge in [-0.15, -0.1) is 11.1 Å². The average Bonchev–Trinajstić information content (AvgIpc) is 2.73. The molecular weight excluding hydrogens is 441 g/mol. The molecule has 0 fully saturated rings. The van der Waals surface area contributed by atoms with E-state index in [4.69, 9.17) is 0 Å². The van der Waals surface area contributed by atoms with E-state index in [0.717, 1.165) is 11.1 Å². The molecule has 0 N–H and O–H groups in total. The summed E-state index contributed by atoms with van der Waals surface area (Å²) >= 11 is 0. The molecule has 0 nitrogen and oxygen atoms in total. The second-order valence-corrected chi connectivity index (χ2v) is 23.2. The molecule has 0 amide bonds. The quantitative estimate of drug-likeness (QED) is 0.280. The Morgan fingerprint density at radius 1 is 0.441 bits per heavy atom. The van der Waals surface area contributed by atoms with Gasteiger partial charge in [0.15, 0.2) is 0 Å². The molecule has 0 saturated carbocycles. The van der Waals surface area contributed by atoms with Crippen molar-refractivity contribution in [2.75, 3.05) is 0 Å². The normalized spacial score (nSPS) is 12.6. The van der Waals surface area contributed by atoms with Crippen molar-refractivity contribution in [1.29, 1.82) is 0 Å². The van der Waals surface area contributed by atoms with Gasteiger partial charge in [-0.25, -0.2) is 0 Å². The molecule has 0 spiro atoms. The van der Waals surface area contributed by atoms with Gasteiger partial charge in [-0.3, -0.25) is 0 Å². The minimum atomic E-state index is -1.72. The van der Waals surface area contributed by atoms with E-state index in [2.05, 4.69) is 142 Å². The zero-order valence-electron chi connectivity index (χ0n) is 23.9. The van der Waals surface area contributed by atoms with E-state index in [9.17, 15) is 0 Å². The van der Waals surface area contributed by atoms with Crippen molar-refractivity contribution in [3.63, 3.8) is 0 Å². The van der Waals surface area contributed by atoms with Crippen molar-refractivity contribution in [2.24, 2.45) is 0 Å². The van der Waals surface area contributed by atoms with Crippen molar-refractivity contribution >= 4 is 26.9 Å². The molecule has 0 heterocycles. The van der Waals surface area contributed by atoms with E-state index < -0.39 is 16.1 Å². The van der Waals surface area contributed by atoms with Gasteiger partial charge >= 0.3 is 0 Å². The van der Waals surface area contributed by atoms with Gasteiger partial charge in [-0.2, -0.15) is 0 Å². The summed E-state index contributed by atoms with van der Waals surface area (Å²) in [6, 6.07) is 13.4. The average molecular weight is 489 g/mol. The highest BCUT2D eigenvalue weighted by atomic mass is 28.3. The van der Waals surface area contributed by atoms with E-state index in [0.29, 0.717) is 33.2 Å². The second-order valence-electron chi connectivity index (χ2n) is 12.1. The van der Waals surface area contributed by atoms with Gasteiger partial charge in [-0.05, 0) is 68.3 Å². The second kappa shape index (κ2) is 11.3. The van der Waals surface area contributed by atoms with Crippen molar-refractivity contribution < 1.29 is 0 Å². The van der Waals surface area contributed by atoms with Crippen LogP contribution in [-0.4, -0.2) is 16.1 Å². The van der Waals surface area contributed by atoms with E-state index in [1.807, 2.05) is 0 Å². The first-order valence-electron chi connectivity index (χ1n) is 13.4. The summed E-state index contributed by atoms with van der Waals surface area (Å²) in [6.07, 6.45) is 0. The van der Waals surface area contributed by atoms with Gasteiger partial charge in [0, 0.05) is 11.1 Å². The first-order valence-corrected chi connectivity index (χ1v) is 17.9. The lowest BCUT2D eigenvalue weighted by atomic mass is 10.0. The van der Waals surface area contributed by atoms with Gasteiger partial charge in [0.1, 0.15) is 16.1 Å². The largest absolute Gasteiger partial charge is 0.146 e. The zero-order valence-corrected chi connectivity index (χ0v) is 25.9. The molecule has 2 aromatic rings. The fourth-order valence-electron chi connectivity index (χ4n) is 6.63. The molecule has 2 aromatic carbocycles. The first-order chi connectivity index (χ1) is 15.8. The SMILES string of the molecule is CC(C)[Si](C#Cc1ccc2cc(C#C[Si](C(C)C)(C(C)C)C(C)C)ccc2c1)(C(C)C)C(C)C. The van der Waals surface area contributed by atoms with E-state index in [1.165, 1.54) is 10.8 Å². The van der Waals surface area contributed by atoms with Crippen LogP contribution in [0.25, 0.3) is 10.8 Å². The van der Waals surface area contributed by atoms with E-state index >= 15 is 0 Å². The van der Waals surface area contributed by atoms with Gasteiger partial charge in [-0.1, -0.05) is 107 Å². The molecule has 34 heavy (non-hydrogen) atoms. The molecular formula is C32H48Si2. The fraction of sp³-hybridized carbons (Fsp3) is 0.562. The lowest BCUT2D eigenvalue weighted by Crippen LogP contribution is -2.43. The third kappa shape index (κ3) is 5.56. The maximum Gasteiger partial charge on any atom is 0.146 e. The highest BCUT2D eigenvalue weighted by molar-refractivity contribution is 6.91. The number of fused-ring (bicyclic) bond motifs is 1. The van der Waals surface area contributed by atoms with Gasteiger partial charge < -0.3 is 0 Å². The third-order valence-electron chi connectivity index (χ3n) is 8.42. The molecule has 2 heteroatoms. The van der Waals surface area contributed by atoms with Crippen molar-refractivity contribution in [2.45, 2.75) is 116 Å². The monoisotopic (exact) mass is 488 g/mol. The topological polar surface area (TPSA) is 0 Å². The molecule has 0 saturated heterocycles. The Kier molecular flexibility index (Phi) is 9.49.